The number of esters is 1. The van der Waals surface area contributed by atoms with Gasteiger partial charge >= 0.3 is 5.97 Å². The highest BCUT2D eigenvalue weighted by molar-refractivity contribution is 5.96. The van der Waals surface area contributed by atoms with Crippen molar-refractivity contribution < 1.29 is 33.2 Å². The average molecular weight is 672 g/mol. The van der Waals surface area contributed by atoms with Crippen molar-refractivity contribution in [3.8, 4) is 34.1 Å². The molecular weight excluding hydrogens is 618 g/mol. The third-order valence-electron chi connectivity index (χ3n) is 7.80. The normalized spacial score (nSPS) is 11.6. The lowest BCUT2D eigenvalue weighted by Gasteiger charge is -2.20. The molecule has 264 valence electrons. The molecule has 0 N–H and O–H groups in total. The van der Waals surface area contributed by atoms with Crippen molar-refractivity contribution in [3.63, 3.8) is 0 Å². The lowest BCUT2D eigenvalue weighted by Crippen LogP contribution is -2.32. The molecule has 0 aliphatic carbocycles. The van der Waals surface area contributed by atoms with Crippen molar-refractivity contribution in [1.29, 1.82) is 0 Å². The summed E-state index contributed by atoms with van der Waals surface area (Å²) in [5.74, 6) is 2.83. The van der Waals surface area contributed by atoms with E-state index in [1.165, 1.54) is 5.56 Å². The van der Waals surface area contributed by atoms with E-state index < -0.39 is 5.60 Å². The van der Waals surface area contributed by atoms with Gasteiger partial charge in [-0.25, -0.2) is 4.79 Å². The highest BCUT2D eigenvalue weighted by Crippen LogP contribution is 2.41. The summed E-state index contributed by atoms with van der Waals surface area (Å²) >= 11 is 0. The Kier molecular flexibility index (Phi) is 14.8. The van der Waals surface area contributed by atoms with E-state index in [0.717, 1.165) is 77.4 Å². The SMILES string of the molecule is CCCCOc1ccc2c(Oc3ccc(OCCN(CC)CCOCCOCC(=O)OC(C)(C)C)cc3)c(-c3ccc(C)cc3)ccc2c1. The number of fused-ring (bicyclic) bond motifs is 1. The minimum absolute atomic E-state index is 0.0698. The van der Waals surface area contributed by atoms with Crippen LogP contribution in [0.2, 0.25) is 0 Å². The summed E-state index contributed by atoms with van der Waals surface area (Å²) in [4.78, 5) is 14.0. The molecule has 0 spiro atoms. The molecule has 0 amide bonds. The third kappa shape index (κ3) is 12.7. The van der Waals surface area contributed by atoms with Gasteiger partial charge < -0.3 is 28.4 Å². The van der Waals surface area contributed by atoms with Gasteiger partial charge in [0, 0.05) is 24.0 Å². The van der Waals surface area contributed by atoms with Crippen molar-refractivity contribution in [3.05, 3.63) is 84.4 Å². The Hall–Kier alpha value is -4.11. The number of carbonyl (C=O) groups is 1. The molecule has 49 heavy (non-hydrogen) atoms. The number of rotatable bonds is 20. The number of ether oxygens (including phenoxy) is 6. The van der Waals surface area contributed by atoms with E-state index >= 15 is 0 Å². The molecule has 0 fully saturated rings. The van der Waals surface area contributed by atoms with Gasteiger partial charge in [-0.2, -0.15) is 0 Å². The second-order valence-corrected chi connectivity index (χ2v) is 13.0. The number of aryl methyl sites for hydroxylation is 1. The number of benzene rings is 4. The van der Waals surface area contributed by atoms with Crippen LogP contribution in [0.1, 0.15) is 53.0 Å². The number of unbranched alkanes of at least 4 members (excludes halogenated alkanes) is 1. The first-order valence-electron chi connectivity index (χ1n) is 17.4. The topological polar surface area (TPSA) is 75.7 Å². The van der Waals surface area contributed by atoms with Crippen molar-refractivity contribution in [1.82, 2.24) is 4.90 Å². The van der Waals surface area contributed by atoms with Gasteiger partial charge in [-0.15, -0.1) is 0 Å². The van der Waals surface area contributed by atoms with Gasteiger partial charge in [0.1, 0.15) is 41.8 Å². The van der Waals surface area contributed by atoms with E-state index in [9.17, 15) is 4.79 Å². The zero-order valence-corrected chi connectivity index (χ0v) is 30.1. The second-order valence-electron chi connectivity index (χ2n) is 13.0. The predicted octanol–water partition coefficient (Wildman–Crippen LogP) is 8.86. The van der Waals surface area contributed by atoms with Gasteiger partial charge in [0.2, 0.25) is 0 Å². The van der Waals surface area contributed by atoms with Crippen LogP contribution in [-0.2, 0) is 19.0 Å². The predicted molar refractivity (Wildman–Crippen MR) is 196 cm³/mol. The quantitative estimate of drug-likeness (QED) is 0.0682. The van der Waals surface area contributed by atoms with Crippen molar-refractivity contribution >= 4 is 16.7 Å². The molecule has 0 aliphatic rings. The molecule has 0 radical (unpaired) electrons. The molecular formula is C41H53NO7. The van der Waals surface area contributed by atoms with Gasteiger partial charge in [0.15, 0.2) is 0 Å². The molecule has 0 aromatic heterocycles. The van der Waals surface area contributed by atoms with Crippen molar-refractivity contribution in [2.45, 2.75) is 60.0 Å². The largest absolute Gasteiger partial charge is 0.494 e. The first-order chi connectivity index (χ1) is 23.6. The molecule has 8 nitrogen and oxygen atoms in total. The highest BCUT2D eigenvalue weighted by atomic mass is 16.6. The van der Waals surface area contributed by atoms with E-state index in [-0.39, 0.29) is 12.6 Å². The van der Waals surface area contributed by atoms with E-state index in [4.69, 9.17) is 28.4 Å². The molecule has 0 aliphatic heterocycles. The summed E-state index contributed by atoms with van der Waals surface area (Å²) in [5.41, 5.74) is 2.83. The Balaban J connectivity index is 1.29. The zero-order chi connectivity index (χ0) is 35.1. The minimum atomic E-state index is -0.512. The van der Waals surface area contributed by atoms with Gasteiger partial charge in [0.05, 0.1) is 26.4 Å². The molecule has 0 unspecified atom stereocenters. The summed E-state index contributed by atoms with van der Waals surface area (Å²) in [7, 11) is 0. The number of likely N-dealkylation sites (N-methyl/N-ethyl adjacent to an activating group) is 1. The van der Waals surface area contributed by atoms with Crippen LogP contribution in [0.4, 0.5) is 0 Å². The summed E-state index contributed by atoms with van der Waals surface area (Å²) in [6.45, 7) is 16.8. The van der Waals surface area contributed by atoms with Gasteiger partial charge in [-0.05, 0) is 100 Å². The van der Waals surface area contributed by atoms with E-state index in [1.54, 1.807) is 0 Å². The van der Waals surface area contributed by atoms with Crippen molar-refractivity contribution in [2.75, 3.05) is 59.3 Å². The van der Waals surface area contributed by atoms with E-state index in [1.807, 2.05) is 51.1 Å². The first-order valence-corrected chi connectivity index (χ1v) is 17.4. The molecule has 0 atom stereocenters. The fourth-order valence-corrected chi connectivity index (χ4v) is 5.16. The molecule has 4 rings (SSSR count). The second kappa shape index (κ2) is 19.2. The minimum Gasteiger partial charge on any atom is -0.494 e. The van der Waals surface area contributed by atoms with Crippen molar-refractivity contribution in [2.24, 2.45) is 0 Å². The third-order valence-corrected chi connectivity index (χ3v) is 7.80. The summed E-state index contributed by atoms with van der Waals surface area (Å²) in [6, 6.07) is 26.8. The molecule has 0 saturated carbocycles. The molecule has 0 bridgehead atoms. The maximum atomic E-state index is 11.7. The molecule has 4 aromatic rings. The Morgan fingerprint density at radius 2 is 1.39 bits per heavy atom. The fraction of sp³-hybridized carbons (Fsp3) is 0.439. The monoisotopic (exact) mass is 671 g/mol. The fourth-order valence-electron chi connectivity index (χ4n) is 5.16. The Morgan fingerprint density at radius 1 is 0.714 bits per heavy atom. The summed E-state index contributed by atoms with van der Waals surface area (Å²) < 4.78 is 34.9. The lowest BCUT2D eigenvalue weighted by molar-refractivity contribution is -0.160. The summed E-state index contributed by atoms with van der Waals surface area (Å²) in [6.07, 6.45) is 2.13. The maximum absolute atomic E-state index is 11.7. The number of hydrogen-bond acceptors (Lipinski definition) is 8. The first kappa shape index (κ1) is 37.7. The van der Waals surface area contributed by atoms with Crippen LogP contribution < -0.4 is 14.2 Å². The molecule has 0 heterocycles. The standard InChI is InChI=1S/C41H53NO7/c1-7-9-24-46-36-19-21-38-33(29-36)14-20-37(32-12-10-31(3)11-13-32)40(38)48-35-17-15-34(16-18-35)47-26-23-42(8-2)22-25-44-27-28-45-30-39(43)49-41(4,5)6/h10-21,29H,7-9,22-28,30H2,1-6H3. The van der Waals surface area contributed by atoms with Gasteiger partial charge in [-0.1, -0.05) is 56.2 Å². The number of nitrogens with zero attached hydrogens (tertiary/aromatic N) is 1. The Labute approximate surface area is 292 Å². The van der Waals surface area contributed by atoms with Crippen LogP contribution in [0, 0.1) is 6.92 Å². The Morgan fingerprint density at radius 3 is 2.10 bits per heavy atom. The van der Waals surface area contributed by atoms with Crippen LogP contribution in [0.3, 0.4) is 0 Å². The molecule has 4 aromatic carbocycles. The highest BCUT2D eigenvalue weighted by Gasteiger charge is 2.16. The van der Waals surface area contributed by atoms with Crippen LogP contribution in [0.5, 0.6) is 23.0 Å². The van der Waals surface area contributed by atoms with Gasteiger partial charge in [-0.3, -0.25) is 4.90 Å². The van der Waals surface area contributed by atoms with Crippen LogP contribution >= 0.6 is 0 Å². The number of hydrogen-bond donors (Lipinski definition) is 0. The zero-order valence-electron chi connectivity index (χ0n) is 30.1. The lowest BCUT2D eigenvalue weighted by atomic mass is 9.98. The molecule has 8 heteroatoms. The van der Waals surface area contributed by atoms with Crippen LogP contribution in [-0.4, -0.2) is 75.7 Å². The average Bonchev–Trinajstić information content (AvgIpc) is 3.07. The number of carbonyl (C=O) groups excluding carboxylic acids is 1. The Bertz CT molecular complexity index is 1580. The van der Waals surface area contributed by atoms with E-state index in [0.29, 0.717) is 33.0 Å². The smallest absolute Gasteiger partial charge is 0.332 e. The van der Waals surface area contributed by atoms with Crippen LogP contribution in [0.25, 0.3) is 21.9 Å². The van der Waals surface area contributed by atoms with Gasteiger partial charge in [0.25, 0.3) is 0 Å². The van der Waals surface area contributed by atoms with Crippen LogP contribution in [0.15, 0.2) is 78.9 Å². The maximum Gasteiger partial charge on any atom is 0.332 e. The molecule has 0 saturated heterocycles. The van der Waals surface area contributed by atoms with E-state index in [2.05, 4.69) is 74.2 Å². The summed E-state index contributed by atoms with van der Waals surface area (Å²) in [5, 5.41) is 2.09.